The summed E-state index contributed by atoms with van der Waals surface area (Å²) in [6.07, 6.45) is 7.05. The third-order valence-electron chi connectivity index (χ3n) is 2.91. The van der Waals surface area contributed by atoms with Crippen LogP contribution in [0.2, 0.25) is 0 Å². The van der Waals surface area contributed by atoms with Crippen LogP contribution in [0.5, 0.6) is 0 Å². The van der Waals surface area contributed by atoms with Gasteiger partial charge in [-0.25, -0.2) is 0 Å². The zero-order valence-electron chi connectivity index (χ0n) is 9.04. The zero-order valence-corrected chi connectivity index (χ0v) is 10.7. The fourth-order valence-electron chi connectivity index (χ4n) is 2.04. The Hall–Kier alpha value is -0.600. The maximum absolute atomic E-state index is 2.39. The van der Waals surface area contributed by atoms with Gasteiger partial charge in [-0.2, -0.15) is 0 Å². The van der Waals surface area contributed by atoms with Crippen molar-refractivity contribution >= 4 is 38.1 Å². The number of fused-ring (bicyclic) bond motifs is 3. The minimum absolute atomic E-state index is 0.671. The zero-order chi connectivity index (χ0) is 10.4. The molecule has 2 aromatic heterocycles. The lowest BCUT2D eigenvalue weighted by molar-refractivity contribution is 0.891. The van der Waals surface area contributed by atoms with Gasteiger partial charge in [0.15, 0.2) is 0 Å². The Labute approximate surface area is 98.3 Å². The highest BCUT2D eigenvalue weighted by molar-refractivity contribution is 7.28. The van der Waals surface area contributed by atoms with Gasteiger partial charge >= 0.3 is 0 Å². The van der Waals surface area contributed by atoms with E-state index in [0.29, 0.717) is 5.92 Å². The second kappa shape index (κ2) is 3.46. The summed E-state index contributed by atoms with van der Waals surface area (Å²) in [4.78, 5) is 3.03. The van der Waals surface area contributed by atoms with Crippen LogP contribution in [0.25, 0.3) is 15.5 Å². The lowest BCUT2D eigenvalue weighted by Crippen LogP contribution is -1.87. The van der Waals surface area contributed by atoms with E-state index in [2.05, 4.69) is 32.1 Å². The molecule has 0 radical (unpaired) electrons. The minimum atomic E-state index is 0.671. The molecule has 0 saturated heterocycles. The Morgan fingerprint density at radius 2 is 2.13 bits per heavy atom. The highest BCUT2D eigenvalue weighted by Gasteiger charge is 2.16. The average molecular weight is 234 g/mol. The molecule has 2 aromatic rings. The first kappa shape index (κ1) is 9.61. The summed E-state index contributed by atoms with van der Waals surface area (Å²) in [6.45, 7) is 4.56. The maximum atomic E-state index is 2.39. The third-order valence-corrected chi connectivity index (χ3v) is 5.68. The van der Waals surface area contributed by atoms with Gasteiger partial charge in [0.25, 0.3) is 0 Å². The second-order valence-corrected chi connectivity index (χ2v) is 6.55. The van der Waals surface area contributed by atoms with Gasteiger partial charge in [0, 0.05) is 19.2 Å². The molecule has 2 heterocycles. The molecule has 1 aliphatic rings. The van der Waals surface area contributed by atoms with Gasteiger partial charge in [-0.15, -0.1) is 22.7 Å². The molecule has 0 amide bonds. The van der Waals surface area contributed by atoms with Crippen molar-refractivity contribution < 1.29 is 0 Å². The first-order chi connectivity index (χ1) is 7.25. The summed E-state index contributed by atoms with van der Waals surface area (Å²) < 4.78 is 3.06. The predicted molar refractivity (Wildman–Crippen MR) is 71.1 cm³/mol. The van der Waals surface area contributed by atoms with E-state index in [1.165, 1.54) is 27.3 Å². The molecule has 0 fully saturated rings. The van der Waals surface area contributed by atoms with Crippen molar-refractivity contribution in [3.8, 4) is 0 Å². The Bertz CT molecular complexity index is 526. The molecule has 2 heteroatoms. The molecular formula is C13H14S2. The summed E-state index contributed by atoms with van der Waals surface area (Å²) in [6, 6.07) is 2.39. The number of thiophene rings is 2. The number of aryl methyl sites for hydroxylation is 1. The van der Waals surface area contributed by atoms with E-state index in [-0.39, 0.29) is 0 Å². The van der Waals surface area contributed by atoms with Crippen LogP contribution >= 0.6 is 22.7 Å². The van der Waals surface area contributed by atoms with E-state index in [1.807, 2.05) is 22.7 Å². The first-order valence-corrected chi connectivity index (χ1v) is 7.10. The lowest BCUT2D eigenvalue weighted by Gasteiger charge is -2.04. The van der Waals surface area contributed by atoms with Crippen LogP contribution < -0.4 is 0 Å². The minimum Gasteiger partial charge on any atom is -0.139 e. The highest BCUT2D eigenvalue weighted by Crippen LogP contribution is 2.42. The van der Waals surface area contributed by atoms with Crippen LogP contribution in [0.1, 0.15) is 41.5 Å². The van der Waals surface area contributed by atoms with Crippen molar-refractivity contribution in [2.24, 2.45) is 0 Å². The van der Waals surface area contributed by atoms with E-state index in [0.717, 1.165) is 0 Å². The Morgan fingerprint density at radius 1 is 1.27 bits per heavy atom. The topological polar surface area (TPSA) is 0 Å². The highest BCUT2D eigenvalue weighted by atomic mass is 32.1. The molecule has 0 aliphatic heterocycles. The molecule has 0 bridgehead atoms. The monoisotopic (exact) mass is 234 g/mol. The quantitative estimate of drug-likeness (QED) is 0.648. The van der Waals surface area contributed by atoms with Crippen LogP contribution in [-0.2, 0) is 6.42 Å². The molecule has 0 nitrogen and oxygen atoms in total. The van der Waals surface area contributed by atoms with E-state index >= 15 is 0 Å². The van der Waals surface area contributed by atoms with Crippen LogP contribution in [0, 0.1) is 0 Å². The SMILES string of the molecule is CC(C)c1cc2sc3c(c2s1)CCC=C3. The number of hydrogen-bond acceptors (Lipinski definition) is 2. The number of allylic oxidation sites excluding steroid dienone is 1. The van der Waals surface area contributed by atoms with Gasteiger partial charge in [-0.1, -0.05) is 19.9 Å². The summed E-state index contributed by atoms with van der Waals surface area (Å²) in [7, 11) is 0. The van der Waals surface area contributed by atoms with E-state index in [4.69, 9.17) is 0 Å². The van der Waals surface area contributed by atoms with Crippen LogP contribution in [0.4, 0.5) is 0 Å². The van der Waals surface area contributed by atoms with Crippen molar-refractivity contribution in [3.05, 3.63) is 27.5 Å². The smallest absolute Gasteiger partial charge is 0.0492 e. The molecule has 0 aromatic carbocycles. The molecular weight excluding hydrogens is 220 g/mol. The summed E-state index contributed by atoms with van der Waals surface area (Å²) >= 11 is 3.96. The first-order valence-electron chi connectivity index (χ1n) is 5.47. The molecule has 0 unspecified atom stereocenters. The Balaban J connectivity index is 2.22. The average Bonchev–Trinajstić information content (AvgIpc) is 2.73. The van der Waals surface area contributed by atoms with Gasteiger partial charge in [0.1, 0.15) is 0 Å². The van der Waals surface area contributed by atoms with Gasteiger partial charge in [0.2, 0.25) is 0 Å². The van der Waals surface area contributed by atoms with Gasteiger partial charge < -0.3 is 0 Å². The fraction of sp³-hybridized carbons (Fsp3) is 0.385. The summed E-state index contributed by atoms with van der Waals surface area (Å²) in [5, 5.41) is 0. The lowest BCUT2D eigenvalue weighted by atomic mass is 10.1. The van der Waals surface area contributed by atoms with Crippen molar-refractivity contribution in [2.45, 2.75) is 32.6 Å². The van der Waals surface area contributed by atoms with Crippen LogP contribution in [0.3, 0.4) is 0 Å². The van der Waals surface area contributed by atoms with E-state index < -0.39 is 0 Å². The molecule has 0 atom stereocenters. The van der Waals surface area contributed by atoms with E-state index in [1.54, 1.807) is 10.3 Å². The van der Waals surface area contributed by atoms with Crippen LogP contribution in [-0.4, -0.2) is 0 Å². The van der Waals surface area contributed by atoms with Gasteiger partial charge in [-0.05, 0) is 36.5 Å². The molecule has 0 N–H and O–H groups in total. The Morgan fingerprint density at radius 3 is 2.93 bits per heavy atom. The second-order valence-electron chi connectivity index (χ2n) is 4.38. The fourth-order valence-corrected chi connectivity index (χ4v) is 4.71. The normalized spacial score (nSPS) is 15.1. The number of rotatable bonds is 1. The standard InChI is InChI=1S/C13H14S2/c1-8(2)11-7-12-13(15-11)9-5-3-4-6-10(9)14-12/h4,6-8H,3,5H2,1-2H3. The summed E-state index contributed by atoms with van der Waals surface area (Å²) in [5.41, 5.74) is 1.61. The molecule has 0 spiro atoms. The molecule has 1 aliphatic carbocycles. The van der Waals surface area contributed by atoms with Crippen molar-refractivity contribution in [1.82, 2.24) is 0 Å². The van der Waals surface area contributed by atoms with Gasteiger partial charge in [-0.3, -0.25) is 0 Å². The van der Waals surface area contributed by atoms with Crippen molar-refractivity contribution in [3.63, 3.8) is 0 Å². The van der Waals surface area contributed by atoms with Crippen LogP contribution in [0.15, 0.2) is 12.1 Å². The molecule has 0 saturated carbocycles. The van der Waals surface area contributed by atoms with E-state index in [9.17, 15) is 0 Å². The maximum Gasteiger partial charge on any atom is 0.0492 e. The number of hydrogen-bond donors (Lipinski definition) is 0. The van der Waals surface area contributed by atoms with Crippen molar-refractivity contribution in [1.29, 1.82) is 0 Å². The van der Waals surface area contributed by atoms with Crippen molar-refractivity contribution in [2.75, 3.05) is 0 Å². The molecule has 78 valence electrons. The molecule has 3 rings (SSSR count). The summed E-state index contributed by atoms with van der Waals surface area (Å²) in [5.74, 6) is 0.671. The third kappa shape index (κ3) is 1.47. The van der Waals surface area contributed by atoms with Gasteiger partial charge in [0.05, 0.1) is 0 Å². The largest absolute Gasteiger partial charge is 0.139 e. The predicted octanol–water partition coefficient (Wildman–Crippen LogP) is 5.05. The molecule has 15 heavy (non-hydrogen) atoms. The Kier molecular flexibility index (Phi) is 2.22.